The lowest BCUT2D eigenvalue weighted by molar-refractivity contribution is -0.123. The molecule has 0 atom stereocenters. The van der Waals surface area contributed by atoms with E-state index in [0.29, 0.717) is 6.54 Å². The van der Waals surface area contributed by atoms with E-state index in [9.17, 15) is 4.79 Å². The fourth-order valence-electron chi connectivity index (χ4n) is 1.35. The molecule has 0 spiro atoms. The van der Waals surface area contributed by atoms with Gasteiger partial charge in [-0.1, -0.05) is 0 Å². The van der Waals surface area contributed by atoms with E-state index in [1.807, 2.05) is 39.0 Å². The van der Waals surface area contributed by atoms with Gasteiger partial charge in [-0.25, -0.2) is 0 Å². The first-order chi connectivity index (χ1) is 7.90. The Bertz CT molecular complexity index is 414. The first kappa shape index (κ1) is 13.5. The van der Waals surface area contributed by atoms with Crippen LogP contribution >= 0.6 is 0 Å². The summed E-state index contributed by atoms with van der Waals surface area (Å²) in [6.07, 6.45) is 0. The number of hydrogen-bond acceptors (Lipinski definition) is 3. The van der Waals surface area contributed by atoms with Crippen LogP contribution in [-0.4, -0.2) is 19.6 Å². The minimum atomic E-state index is -0.562. The minimum Gasteiger partial charge on any atom is -0.496 e. The smallest absolute Gasteiger partial charge is 0.231 e. The van der Waals surface area contributed by atoms with Crippen molar-refractivity contribution < 1.29 is 9.53 Å². The van der Waals surface area contributed by atoms with Crippen molar-refractivity contribution in [2.75, 3.05) is 19.0 Å². The number of carbonyl (C=O) groups excluding carboxylic acids is 1. The Morgan fingerprint density at radius 1 is 1.47 bits per heavy atom. The molecule has 0 aliphatic carbocycles. The van der Waals surface area contributed by atoms with Crippen molar-refractivity contribution in [2.24, 2.45) is 11.1 Å². The predicted molar refractivity (Wildman–Crippen MR) is 69.2 cm³/mol. The summed E-state index contributed by atoms with van der Waals surface area (Å²) in [6, 6.07) is 5.53. The summed E-state index contributed by atoms with van der Waals surface area (Å²) in [5, 5.41) is 2.85. The molecule has 0 fully saturated rings. The number of benzene rings is 1. The van der Waals surface area contributed by atoms with Crippen molar-refractivity contribution >= 4 is 11.6 Å². The van der Waals surface area contributed by atoms with Gasteiger partial charge in [0.2, 0.25) is 5.91 Å². The average molecular weight is 236 g/mol. The molecule has 1 aromatic rings. The molecular formula is C13H20N2O2. The highest BCUT2D eigenvalue weighted by molar-refractivity contribution is 5.95. The van der Waals surface area contributed by atoms with Crippen molar-refractivity contribution in [3.63, 3.8) is 0 Å². The molecule has 1 rings (SSSR count). The second-order valence-corrected chi connectivity index (χ2v) is 4.73. The van der Waals surface area contributed by atoms with Crippen LogP contribution in [0.15, 0.2) is 18.2 Å². The summed E-state index contributed by atoms with van der Waals surface area (Å²) in [5.41, 5.74) is 6.74. The zero-order valence-electron chi connectivity index (χ0n) is 10.8. The Morgan fingerprint density at radius 2 is 2.12 bits per heavy atom. The number of methoxy groups -OCH3 is 1. The molecular weight excluding hydrogens is 216 g/mol. The third-order valence-electron chi connectivity index (χ3n) is 2.78. The van der Waals surface area contributed by atoms with Gasteiger partial charge in [0.1, 0.15) is 5.75 Å². The second kappa shape index (κ2) is 5.19. The summed E-state index contributed by atoms with van der Waals surface area (Å²) < 4.78 is 5.16. The molecule has 0 aliphatic rings. The monoisotopic (exact) mass is 236 g/mol. The van der Waals surface area contributed by atoms with Gasteiger partial charge in [0, 0.05) is 12.2 Å². The molecule has 0 radical (unpaired) electrons. The minimum absolute atomic E-state index is 0.0791. The van der Waals surface area contributed by atoms with Gasteiger partial charge in [-0.3, -0.25) is 4.79 Å². The molecule has 4 nitrogen and oxygen atoms in total. The summed E-state index contributed by atoms with van der Waals surface area (Å²) in [4.78, 5) is 11.9. The van der Waals surface area contributed by atoms with Crippen LogP contribution in [0.25, 0.3) is 0 Å². The van der Waals surface area contributed by atoms with Crippen molar-refractivity contribution in [1.82, 2.24) is 0 Å². The van der Waals surface area contributed by atoms with Gasteiger partial charge in [0.15, 0.2) is 0 Å². The van der Waals surface area contributed by atoms with Crippen LogP contribution in [0.4, 0.5) is 5.69 Å². The average Bonchev–Trinajstić information content (AvgIpc) is 2.29. The largest absolute Gasteiger partial charge is 0.496 e. The first-order valence-corrected chi connectivity index (χ1v) is 5.57. The van der Waals surface area contributed by atoms with Crippen LogP contribution in [0.2, 0.25) is 0 Å². The van der Waals surface area contributed by atoms with Crippen LogP contribution in [-0.2, 0) is 4.79 Å². The molecule has 0 saturated carbocycles. The lowest BCUT2D eigenvalue weighted by Gasteiger charge is -2.21. The van der Waals surface area contributed by atoms with Crippen LogP contribution in [0.5, 0.6) is 5.75 Å². The van der Waals surface area contributed by atoms with E-state index in [1.165, 1.54) is 0 Å². The predicted octanol–water partition coefficient (Wildman–Crippen LogP) is 1.93. The molecule has 0 aromatic heterocycles. The Balaban J connectivity index is 2.83. The maximum Gasteiger partial charge on any atom is 0.231 e. The number of amides is 1. The van der Waals surface area contributed by atoms with E-state index in [0.717, 1.165) is 17.0 Å². The van der Waals surface area contributed by atoms with E-state index >= 15 is 0 Å². The van der Waals surface area contributed by atoms with Gasteiger partial charge in [-0.05, 0) is 44.5 Å². The van der Waals surface area contributed by atoms with Crippen molar-refractivity contribution in [1.29, 1.82) is 0 Å². The third kappa shape index (κ3) is 3.20. The second-order valence-electron chi connectivity index (χ2n) is 4.73. The fraction of sp³-hybridized carbons (Fsp3) is 0.462. The van der Waals surface area contributed by atoms with Crippen LogP contribution in [0, 0.1) is 12.3 Å². The SMILES string of the molecule is COc1ccc(NC(=O)C(C)(C)CN)cc1C. The lowest BCUT2D eigenvalue weighted by atomic mass is 9.92. The first-order valence-electron chi connectivity index (χ1n) is 5.57. The Morgan fingerprint density at radius 3 is 2.59 bits per heavy atom. The normalized spacial score (nSPS) is 11.1. The van der Waals surface area contributed by atoms with Crippen LogP contribution in [0.1, 0.15) is 19.4 Å². The van der Waals surface area contributed by atoms with Crippen molar-refractivity contribution in [3.8, 4) is 5.75 Å². The molecule has 0 saturated heterocycles. The molecule has 0 aliphatic heterocycles. The summed E-state index contributed by atoms with van der Waals surface area (Å²) in [7, 11) is 1.62. The van der Waals surface area contributed by atoms with E-state index in [-0.39, 0.29) is 5.91 Å². The van der Waals surface area contributed by atoms with Crippen molar-refractivity contribution in [2.45, 2.75) is 20.8 Å². The summed E-state index contributed by atoms with van der Waals surface area (Å²) >= 11 is 0. The zero-order chi connectivity index (χ0) is 13.1. The number of aryl methyl sites for hydroxylation is 1. The Kier molecular flexibility index (Phi) is 4.12. The molecule has 4 heteroatoms. The standard InChI is InChI=1S/C13H20N2O2/c1-9-7-10(5-6-11(9)17-4)15-12(16)13(2,3)8-14/h5-7H,8,14H2,1-4H3,(H,15,16). The number of carbonyl (C=O) groups is 1. The van der Waals surface area contributed by atoms with Gasteiger partial charge in [0.25, 0.3) is 0 Å². The maximum absolute atomic E-state index is 11.9. The quantitative estimate of drug-likeness (QED) is 0.839. The maximum atomic E-state index is 11.9. The molecule has 17 heavy (non-hydrogen) atoms. The number of anilines is 1. The van der Waals surface area contributed by atoms with E-state index in [1.54, 1.807) is 7.11 Å². The van der Waals surface area contributed by atoms with Gasteiger partial charge < -0.3 is 15.8 Å². The molecule has 94 valence electrons. The number of nitrogens with one attached hydrogen (secondary N) is 1. The summed E-state index contributed by atoms with van der Waals surface area (Å²) in [5.74, 6) is 0.727. The number of ether oxygens (including phenoxy) is 1. The van der Waals surface area contributed by atoms with Gasteiger partial charge in [0.05, 0.1) is 12.5 Å². The van der Waals surface area contributed by atoms with E-state index < -0.39 is 5.41 Å². The van der Waals surface area contributed by atoms with Gasteiger partial charge in [-0.2, -0.15) is 0 Å². The number of hydrogen-bond donors (Lipinski definition) is 2. The zero-order valence-corrected chi connectivity index (χ0v) is 10.8. The molecule has 1 aromatic carbocycles. The molecule has 0 bridgehead atoms. The van der Waals surface area contributed by atoms with E-state index in [4.69, 9.17) is 10.5 Å². The lowest BCUT2D eigenvalue weighted by Crippen LogP contribution is -2.37. The van der Waals surface area contributed by atoms with Gasteiger partial charge >= 0.3 is 0 Å². The van der Waals surface area contributed by atoms with E-state index in [2.05, 4.69) is 5.32 Å². The number of nitrogens with two attached hydrogens (primary N) is 1. The Hall–Kier alpha value is -1.55. The highest BCUT2D eigenvalue weighted by atomic mass is 16.5. The summed E-state index contributed by atoms with van der Waals surface area (Å²) in [6.45, 7) is 5.88. The molecule has 0 unspecified atom stereocenters. The number of rotatable bonds is 4. The van der Waals surface area contributed by atoms with Crippen molar-refractivity contribution in [3.05, 3.63) is 23.8 Å². The third-order valence-corrected chi connectivity index (χ3v) is 2.78. The highest BCUT2D eigenvalue weighted by Crippen LogP contribution is 2.23. The molecule has 1 amide bonds. The fourth-order valence-corrected chi connectivity index (χ4v) is 1.35. The Labute approximate surface area is 102 Å². The van der Waals surface area contributed by atoms with Crippen LogP contribution in [0.3, 0.4) is 0 Å². The topological polar surface area (TPSA) is 64.3 Å². The van der Waals surface area contributed by atoms with Gasteiger partial charge in [-0.15, -0.1) is 0 Å². The molecule has 0 heterocycles. The highest BCUT2D eigenvalue weighted by Gasteiger charge is 2.25. The molecule has 3 N–H and O–H groups in total. The van der Waals surface area contributed by atoms with Crippen LogP contribution < -0.4 is 15.8 Å².